The van der Waals surface area contributed by atoms with Crippen LogP contribution in [0.4, 0.5) is 5.69 Å². The first-order valence-corrected chi connectivity index (χ1v) is 8.80. The minimum atomic E-state index is -0.702. The number of amides is 2. The molecular weight excluding hydrogens is 350 g/mol. The second kappa shape index (κ2) is 11.2. The van der Waals surface area contributed by atoms with Crippen LogP contribution in [-0.2, 0) is 19.1 Å². The number of hydrogen-bond donors (Lipinski definition) is 2. The monoisotopic (exact) mass is 379 g/mol. The van der Waals surface area contributed by atoms with Crippen LogP contribution < -0.4 is 15.4 Å². The molecule has 2 atom stereocenters. The second-order valence-electron chi connectivity index (χ2n) is 6.41. The van der Waals surface area contributed by atoms with Gasteiger partial charge in [-0.25, -0.2) is 4.79 Å². The van der Waals surface area contributed by atoms with Gasteiger partial charge in [0, 0.05) is 11.8 Å². The Kier molecular flexibility index (Phi) is 9.29. The minimum Gasteiger partial charge on any atom is -0.497 e. The van der Waals surface area contributed by atoms with E-state index < -0.39 is 12.0 Å². The van der Waals surface area contributed by atoms with Crippen molar-refractivity contribution in [2.24, 2.45) is 5.92 Å². The van der Waals surface area contributed by atoms with Crippen LogP contribution in [0.25, 0.3) is 0 Å². The summed E-state index contributed by atoms with van der Waals surface area (Å²) in [5.41, 5.74) is 0.611. The van der Waals surface area contributed by atoms with Gasteiger partial charge in [-0.05, 0) is 25.1 Å². The Labute approximate surface area is 160 Å². The molecule has 1 aromatic carbocycles. The average molecular weight is 379 g/mol. The number of carbonyl (C=O) groups is 3. The number of benzene rings is 1. The Morgan fingerprint density at radius 3 is 2.41 bits per heavy atom. The fraction of sp³-hybridized carbons (Fsp3) is 0.526. The SMILES string of the molecule is CC[C@H](C)[C@@H](NC(=O)CN(C)CC(=O)Nc1cccc(OC)c1)C(=O)OC. The minimum absolute atomic E-state index is 0.0184. The number of nitrogens with one attached hydrogen (secondary N) is 2. The molecule has 0 aliphatic carbocycles. The number of hydrogen-bond acceptors (Lipinski definition) is 6. The van der Waals surface area contributed by atoms with Gasteiger partial charge < -0.3 is 20.1 Å². The van der Waals surface area contributed by atoms with E-state index in [1.165, 1.54) is 7.11 Å². The summed E-state index contributed by atoms with van der Waals surface area (Å²) in [6, 6.07) is 6.30. The third-order valence-corrected chi connectivity index (χ3v) is 4.17. The van der Waals surface area contributed by atoms with Crippen molar-refractivity contribution in [3.05, 3.63) is 24.3 Å². The lowest BCUT2D eigenvalue weighted by molar-refractivity contribution is -0.146. The van der Waals surface area contributed by atoms with Gasteiger partial charge in [0.1, 0.15) is 11.8 Å². The van der Waals surface area contributed by atoms with Crippen LogP contribution in [0, 0.1) is 5.92 Å². The van der Waals surface area contributed by atoms with E-state index in [4.69, 9.17) is 9.47 Å². The highest BCUT2D eigenvalue weighted by atomic mass is 16.5. The summed E-state index contributed by atoms with van der Waals surface area (Å²) in [5, 5.41) is 5.43. The topological polar surface area (TPSA) is 97.0 Å². The molecular formula is C19H29N3O5. The number of nitrogens with zero attached hydrogens (tertiary/aromatic N) is 1. The lowest BCUT2D eigenvalue weighted by Gasteiger charge is -2.23. The van der Waals surface area contributed by atoms with Crippen molar-refractivity contribution in [3.8, 4) is 5.75 Å². The number of carbonyl (C=O) groups excluding carboxylic acids is 3. The highest BCUT2D eigenvalue weighted by Gasteiger charge is 2.27. The van der Waals surface area contributed by atoms with Crippen LogP contribution in [0.2, 0.25) is 0 Å². The molecule has 1 rings (SSSR count). The first kappa shape index (κ1) is 22.4. The number of rotatable bonds is 10. The van der Waals surface area contributed by atoms with Gasteiger partial charge in [0.2, 0.25) is 11.8 Å². The van der Waals surface area contributed by atoms with Gasteiger partial charge in [-0.2, -0.15) is 0 Å². The summed E-state index contributed by atoms with van der Waals surface area (Å²) in [6.07, 6.45) is 0.721. The molecule has 0 saturated heterocycles. The van der Waals surface area contributed by atoms with Crippen molar-refractivity contribution in [3.63, 3.8) is 0 Å². The van der Waals surface area contributed by atoms with E-state index in [0.29, 0.717) is 11.4 Å². The Morgan fingerprint density at radius 1 is 1.15 bits per heavy atom. The quantitative estimate of drug-likeness (QED) is 0.594. The van der Waals surface area contributed by atoms with Crippen LogP contribution in [0.3, 0.4) is 0 Å². The summed E-state index contributed by atoms with van der Waals surface area (Å²) < 4.78 is 9.86. The Hall–Kier alpha value is -2.61. The predicted octanol–water partition coefficient (Wildman–Crippen LogP) is 1.27. The van der Waals surface area contributed by atoms with E-state index in [9.17, 15) is 14.4 Å². The molecule has 150 valence electrons. The van der Waals surface area contributed by atoms with E-state index in [1.807, 2.05) is 13.8 Å². The molecule has 0 heterocycles. The molecule has 0 fully saturated rings. The van der Waals surface area contributed by atoms with Crippen molar-refractivity contribution in [2.75, 3.05) is 39.7 Å². The molecule has 2 amide bonds. The van der Waals surface area contributed by atoms with Gasteiger partial charge in [-0.15, -0.1) is 0 Å². The Morgan fingerprint density at radius 2 is 1.81 bits per heavy atom. The van der Waals surface area contributed by atoms with Crippen LogP contribution >= 0.6 is 0 Å². The fourth-order valence-corrected chi connectivity index (χ4v) is 2.46. The molecule has 0 aliphatic heterocycles. The first-order chi connectivity index (χ1) is 12.8. The molecule has 0 aliphatic rings. The normalized spacial score (nSPS) is 12.8. The van der Waals surface area contributed by atoms with Crippen molar-refractivity contribution < 1.29 is 23.9 Å². The molecule has 0 unspecified atom stereocenters. The van der Waals surface area contributed by atoms with Crippen LogP contribution in [-0.4, -0.2) is 63.1 Å². The molecule has 0 saturated carbocycles. The van der Waals surface area contributed by atoms with Gasteiger partial charge in [-0.1, -0.05) is 26.3 Å². The zero-order chi connectivity index (χ0) is 20.4. The maximum Gasteiger partial charge on any atom is 0.328 e. The smallest absolute Gasteiger partial charge is 0.328 e. The van der Waals surface area contributed by atoms with Gasteiger partial charge in [0.05, 0.1) is 27.3 Å². The summed E-state index contributed by atoms with van der Waals surface area (Å²) in [5.74, 6) is -0.494. The Balaban J connectivity index is 2.54. The third kappa shape index (κ3) is 7.65. The van der Waals surface area contributed by atoms with Crippen molar-refractivity contribution >= 4 is 23.5 Å². The maximum atomic E-state index is 12.2. The fourth-order valence-electron chi connectivity index (χ4n) is 2.46. The molecule has 0 radical (unpaired) electrons. The van der Waals surface area contributed by atoms with Crippen molar-refractivity contribution in [1.29, 1.82) is 0 Å². The molecule has 1 aromatic rings. The van der Waals surface area contributed by atoms with Gasteiger partial charge in [-0.3, -0.25) is 14.5 Å². The van der Waals surface area contributed by atoms with E-state index >= 15 is 0 Å². The molecule has 8 nitrogen and oxygen atoms in total. The van der Waals surface area contributed by atoms with Gasteiger partial charge in [0.15, 0.2) is 0 Å². The lowest BCUT2D eigenvalue weighted by atomic mass is 9.99. The van der Waals surface area contributed by atoms with E-state index in [-0.39, 0.29) is 30.8 Å². The standard InChI is InChI=1S/C19H29N3O5/c1-6-13(2)18(19(25)27-5)21-17(24)12-22(3)11-16(23)20-14-8-7-9-15(10-14)26-4/h7-10,13,18H,6,11-12H2,1-5H3,(H,20,23)(H,21,24)/t13-,18+/m0/s1. The summed E-state index contributed by atoms with van der Waals surface area (Å²) >= 11 is 0. The average Bonchev–Trinajstić information content (AvgIpc) is 2.64. The van der Waals surface area contributed by atoms with Crippen LogP contribution in [0.1, 0.15) is 20.3 Å². The van der Waals surface area contributed by atoms with Crippen LogP contribution in [0.5, 0.6) is 5.75 Å². The molecule has 27 heavy (non-hydrogen) atoms. The molecule has 2 N–H and O–H groups in total. The highest BCUT2D eigenvalue weighted by molar-refractivity contribution is 5.93. The molecule has 0 aromatic heterocycles. The Bertz CT molecular complexity index is 650. The first-order valence-electron chi connectivity index (χ1n) is 8.80. The van der Waals surface area contributed by atoms with Crippen molar-refractivity contribution in [2.45, 2.75) is 26.3 Å². The molecule has 0 spiro atoms. The molecule has 8 heteroatoms. The second-order valence-corrected chi connectivity index (χ2v) is 6.41. The summed E-state index contributed by atoms with van der Waals surface area (Å²) in [4.78, 5) is 37.8. The number of likely N-dealkylation sites (N-methyl/N-ethyl adjacent to an activating group) is 1. The largest absolute Gasteiger partial charge is 0.497 e. The summed E-state index contributed by atoms with van der Waals surface area (Å²) in [6.45, 7) is 3.81. The lowest BCUT2D eigenvalue weighted by Crippen LogP contribution is -2.49. The van der Waals surface area contributed by atoms with E-state index in [0.717, 1.165) is 6.42 Å². The van der Waals surface area contributed by atoms with E-state index in [2.05, 4.69) is 10.6 Å². The number of methoxy groups -OCH3 is 2. The van der Waals surface area contributed by atoms with Crippen LogP contribution in [0.15, 0.2) is 24.3 Å². The molecule has 0 bridgehead atoms. The van der Waals surface area contributed by atoms with E-state index in [1.54, 1.807) is 43.3 Å². The number of esters is 1. The van der Waals surface area contributed by atoms with Gasteiger partial charge >= 0.3 is 5.97 Å². The maximum absolute atomic E-state index is 12.2. The zero-order valence-corrected chi connectivity index (χ0v) is 16.6. The number of ether oxygens (including phenoxy) is 2. The third-order valence-electron chi connectivity index (χ3n) is 4.17. The van der Waals surface area contributed by atoms with Crippen molar-refractivity contribution in [1.82, 2.24) is 10.2 Å². The van der Waals surface area contributed by atoms with Gasteiger partial charge in [0.25, 0.3) is 0 Å². The summed E-state index contributed by atoms with van der Waals surface area (Å²) in [7, 11) is 4.49. The highest BCUT2D eigenvalue weighted by Crippen LogP contribution is 2.16. The number of anilines is 1. The zero-order valence-electron chi connectivity index (χ0n) is 16.6. The predicted molar refractivity (Wildman–Crippen MR) is 103 cm³/mol.